The summed E-state index contributed by atoms with van der Waals surface area (Å²) in [5, 5.41) is 27.9. The molecule has 9 nitrogen and oxygen atoms in total. The summed E-state index contributed by atoms with van der Waals surface area (Å²) in [6, 6.07) is 17.5. The molecule has 9 heteroatoms. The van der Waals surface area contributed by atoms with Crippen LogP contribution in [0.5, 0.6) is 0 Å². The van der Waals surface area contributed by atoms with Crippen LogP contribution in [0.4, 0.5) is 0 Å². The number of carbonyl (C=O) groups is 2. The van der Waals surface area contributed by atoms with Crippen LogP contribution in [-0.4, -0.2) is 69.2 Å². The molecule has 3 aliphatic carbocycles. The van der Waals surface area contributed by atoms with Crippen molar-refractivity contribution in [3.05, 3.63) is 83.1 Å². The quantitative estimate of drug-likeness (QED) is 0.323. The summed E-state index contributed by atoms with van der Waals surface area (Å²) in [5.74, 6) is -1.78. The number of nitrogens with one attached hydrogen (secondary N) is 2. The monoisotopic (exact) mass is 626 g/mol. The number of H-pyrrole nitrogens is 1. The lowest BCUT2D eigenvalue weighted by atomic mass is 9.41. The van der Waals surface area contributed by atoms with Crippen LogP contribution in [0.1, 0.15) is 69.9 Å². The molecular weight excluding hydrogens is 584 g/mol. The summed E-state index contributed by atoms with van der Waals surface area (Å²) < 4.78 is 19.5. The van der Waals surface area contributed by atoms with Crippen LogP contribution < -0.4 is 5.32 Å². The van der Waals surface area contributed by atoms with Gasteiger partial charge in [0.1, 0.15) is 17.8 Å². The van der Waals surface area contributed by atoms with E-state index in [0.29, 0.717) is 30.4 Å². The third-order valence-electron chi connectivity index (χ3n) is 12.3. The average Bonchev–Trinajstić information content (AvgIpc) is 3.63. The Kier molecular flexibility index (Phi) is 6.42. The Hall–Kier alpha value is -3.34. The number of rotatable bonds is 6. The molecule has 2 bridgehead atoms. The molecule has 46 heavy (non-hydrogen) atoms. The summed E-state index contributed by atoms with van der Waals surface area (Å²) in [4.78, 5) is 30.4. The topological polar surface area (TPSA) is 130 Å². The fourth-order valence-corrected chi connectivity index (χ4v) is 9.82. The van der Waals surface area contributed by atoms with E-state index in [1.165, 1.54) is 10.9 Å². The Bertz CT molecular complexity index is 1780. The molecule has 3 fully saturated rings. The van der Waals surface area contributed by atoms with E-state index in [4.69, 9.17) is 14.2 Å². The maximum atomic E-state index is 13.6. The van der Waals surface area contributed by atoms with Gasteiger partial charge in [-0.1, -0.05) is 62.4 Å². The van der Waals surface area contributed by atoms with Gasteiger partial charge in [0, 0.05) is 46.0 Å². The highest BCUT2D eigenvalue weighted by Crippen LogP contribution is 2.72. The number of aromatic amines is 1. The Labute approximate surface area is 268 Å². The molecule has 2 saturated carbocycles. The molecule has 1 saturated heterocycles. The van der Waals surface area contributed by atoms with Gasteiger partial charge in [0.25, 0.3) is 0 Å². The number of para-hydroxylation sites is 1. The number of aromatic nitrogens is 1. The van der Waals surface area contributed by atoms with Gasteiger partial charge in [-0.25, -0.2) is 0 Å². The molecule has 1 amide bonds. The molecule has 2 aromatic carbocycles. The Morgan fingerprint density at radius 1 is 1.09 bits per heavy atom. The first kappa shape index (κ1) is 30.0. The van der Waals surface area contributed by atoms with Crippen molar-refractivity contribution in [1.29, 1.82) is 0 Å². The van der Waals surface area contributed by atoms with E-state index in [0.717, 1.165) is 17.6 Å². The van der Waals surface area contributed by atoms with Crippen LogP contribution in [0.15, 0.2) is 66.2 Å². The number of hydrogen-bond donors (Lipinski definition) is 4. The molecule has 8 atom stereocenters. The molecule has 5 aliphatic rings. The zero-order valence-corrected chi connectivity index (χ0v) is 26.8. The predicted molar refractivity (Wildman–Crippen MR) is 170 cm³/mol. The molecule has 3 aromatic rings. The maximum Gasteiger partial charge on any atom is 0.246 e. The van der Waals surface area contributed by atoms with Gasteiger partial charge in [-0.15, -0.1) is 0 Å². The summed E-state index contributed by atoms with van der Waals surface area (Å²) in [6.07, 6.45) is 1.42. The Balaban J connectivity index is 1.16. The molecule has 2 aliphatic heterocycles. The number of hydrogen-bond acceptors (Lipinski definition) is 7. The molecule has 242 valence electrons. The molecule has 1 aromatic heterocycles. The third kappa shape index (κ3) is 3.80. The first-order valence-electron chi connectivity index (χ1n) is 16.4. The van der Waals surface area contributed by atoms with Crippen LogP contribution in [0.2, 0.25) is 0 Å². The minimum absolute atomic E-state index is 0.0299. The van der Waals surface area contributed by atoms with Crippen LogP contribution >= 0.6 is 0 Å². The van der Waals surface area contributed by atoms with Gasteiger partial charge in [0.2, 0.25) is 5.91 Å². The van der Waals surface area contributed by atoms with Gasteiger partial charge in [0.05, 0.1) is 12.2 Å². The third-order valence-corrected chi connectivity index (χ3v) is 12.3. The zero-order chi connectivity index (χ0) is 32.3. The summed E-state index contributed by atoms with van der Waals surface area (Å²) >= 11 is 0. The number of aliphatic hydroxyl groups is 2. The lowest BCUT2D eigenvalue weighted by molar-refractivity contribution is -0.279. The smallest absolute Gasteiger partial charge is 0.246 e. The fraction of sp³-hybridized carbons (Fsp3) is 0.514. The zero-order valence-electron chi connectivity index (χ0n) is 26.8. The van der Waals surface area contributed by atoms with Crippen molar-refractivity contribution in [3.8, 4) is 0 Å². The number of fused-ring (bicyclic) bond motifs is 9. The first-order valence-corrected chi connectivity index (χ1v) is 16.4. The van der Waals surface area contributed by atoms with Gasteiger partial charge in [-0.2, -0.15) is 0 Å². The molecule has 4 N–H and O–H groups in total. The van der Waals surface area contributed by atoms with Crippen molar-refractivity contribution in [2.75, 3.05) is 13.2 Å². The van der Waals surface area contributed by atoms with Crippen molar-refractivity contribution in [2.24, 2.45) is 11.3 Å². The second kappa shape index (κ2) is 9.84. The van der Waals surface area contributed by atoms with E-state index in [1.54, 1.807) is 18.2 Å². The van der Waals surface area contributed by atoms with Crippen LogP contribution in [0, 0.1) is 11.3 Å². The van der Waals surface area contributed by atoms with E-state index in [1.807, 2.05) is 44.2 Å². The fourth-order valence-electron chi connectivity index (χ4n) is 9.82. The highest BCUT2D eigenvalue weighted by Gasteiger charge is 2.78. The number of ketones is 1. The predicted octanol–water partition coefficient (Wildman–Crippen LogP) is 4.17. The Morgan fingerprint density at radius 3 is 2.61 bits per heavy atom. The number of aliphatic hydroxyl groups excluding tert-OH is 1. The normalized spacial score (nSPS) is 37.6. The minimum atomic E-state index is -1.69. The second-order valence-corrected chi connectivity index (χ2v) is 14.9. The lowest BCUT2D eigenvalue weighted by Gasteiger charge is -2.67. The van der Waals surface area contributed by atoms with E-state index < -0.39 is 52.0 Å². The van der Waals surface area contributed by atoms with Gasteiger partial charge in [0.15, 0.2) is 17.7 Å². The van der Waals surface area contributed by atoms with Gasteiger partial charge in [-0.05, 0) is 62.3 Å². The van der Waals surface area contributed by atoms with Crippen molar-refractivity contribution in [2.45, 2.75) is 94.1 Å². The molecule has 0 radical (unpaired) electrons. The van der Waals surface area contributed by atoms with E-state index in [9.17, 15) is 19.8 Å². The van der Waals surface area contributed by atoms with E-state index in [-0.39, 0.29) is 24.9 Å². The van der Waals surface area contributed by atoms with Crippen LogP contribution in [0.3, 0.4) is 0 Å². The van der Waals surface area contributed by atoms with Gasteiger partial charge < -0.3 is 34.7 Å². The summed E-state index contributed by atoms with van der Waals surface area (Å²) in [6.45, 7) is 7.77. The van der Waals surface area contributed by atoms with E-state index in [2.05, 4.69) is 36.3 Å². The minimum Gasteiger partial charge on any atom is -0.387 e. The molecule has 1 unspecified atom stereocenters. The van der Waals surface area contributed by atoms with Crippen molar-refractivity contribution >= 4 is 22.6 Å². The molecule has 3 heterocycles. The van der Waals surface area contributed by atoms with Gasteiger partial charge >= 0.3 is 0 Å². The number of benzene rings is 2. The van der Waals surface area contributed by atoms with Crippen LogP contribution in [0.25, 0.3) is 10.9 Å². The van der Waals surface area contributed by atoms with E-state index >= 15 is 0 Å². The number of ether oxygens (including phenoxy) is 3. The number of amides is 1. The van der Waals surface area contributed by atoms with Gasteiger partial charge in [-0.3, -0.25) is 9.59 Å². The highest BCUT2D eigenvalue weighted by atomic mass is 16.8. The maximum absolute atomic E-state index is 13.6. The standard InChI is InChI=1S/C37H42N2O7/c1-33(2)32-26(40)18-28-36(45-32,46-33)15-14-34(3)35(4)22(16-24-23-12-8-9-13-25(23)39-31(24)35)17-29(37(28,34)43)44-20-30(42)38-19-27(41)21-10-6-5-7-11-21/h5-13,18,22,27,29,32,39,41,43H,14-17,19-20H2,1-4H3,(H,38,42)/t22-,27-,29+,32+,34-,35-,36?,37+/m1/s1. The summed E-state index contributed by atoms with van der Waals surface area (Å²) in [5.41, 5.74) is 0.663. The number of carbonyl (C=O) groups excluding carboxylic acids is 2. The first-order chi connectivity index (χ1) is 21.8. The van der Waals surface area contributed by atoms with Crippen molar-refractivity contribution in [3.63, 3.8) is 0 Å². The van der Waals surface area contributed by atoms with Crippen molar-refractivity contribution < 1.29 is 34.0 Å². The Morgan fingerprint density at radius 2 is 1.83 bits per heavy atom. The molecule has 1 spiro atoms. The van der Waals surface area contributed by atoms with Crippen LogP contribution in [-0.2, 0) is 35.6 Å². The molecule has 8 rings (SSSR count). The SMILES string of the molecule is CC1(C)OC23CC[C@]4(C)[C@@]5(C)c6[nH]c7ccccc7c6C[C@@H]5C[C@H](OCC(=O)NC[C@@H](O)c5ccccc5)[C@@]4(O)C2=CC(=O)[C@@H]1O3. The molecular formula is C37H42N2O7. The second-order valence-electron chi connectivity index (χ2n) is 14.9. The lowest BCUT2D eigenvalue weighted by Crippen LogP contribution is -2.75. The largest absolute Gasteiger partial charge is 0.387 e. The average molecular weight is 627 g/mol. The summed E-state index contributed by atoms with van der Waals surface area (Å²) in [7, 11) is 0. The highest BCUT2D eigenvalue weighted by molar-refractivity contribution is 5.97. The van der Waals surface area contributed by atoms with Crippen molar-refractivity contribution in [1.82, 2.24) is 10.3 Å².